The second-order valence-electron chi connectivity index (χ2n) is 4.17. The minimum absolute atomic E-state index is 0.0452. The molecule has 1 aromatic carbocycles. The molecule has 8 heteroatoms. The summed E-state index contributed by atoms with van der Waals surface area (Å²) in [6.07, 6.45) is 0. The van der Waals surface area contributed by atoms with E-state index in [2.05, 4.69) is 0 Å². The topological polar surface area (TPSA) is 87.2 Å². The first-order valence-corrected chi connectivity index (χ1v) is 6.94. The van der Waals surface area contributed by atoms with Gasteiger partial charge in [0.15, 0.2) is 5.75 Å². The number of hydrogen-bond acceptors (Lipinski definition) is 4. The van der Waals surface area contributed by atoms with Gasteiger partial charge in [-0.05, 0) is 12.1 Å². The van der Waals surface area contributed by atoms with Gasteiger partial charge in [-0.25, -0.2) is 4.79 Å². The molecule has 0 aromatic heterocycles. The minimum Gasteiger partial charge on any atom is -0.489 e. The van der Waals surface area contributed by atoms with Gasteiger partial charge >= 0.3 is 16.2 Å². The maximum absolute atomic E-state index is 12.2. The van der Waals surface area contributed by atoms with Crippen LogP contribution in [0.5, 0.6) is 5.75 Å². The van der Waals surface area contributed by atoms with Gasteiger partial charge < -0.3 is 9.84 Å². The lowest BCUT2D eigenvalue weighted by Crippen LogP contribution is -2.44. The fourth-order valence-electron chi connectivity index (χ4n) is 1.83. The van der Waals surface area contributed by atoms with Crippen LogP contribution in [0.15, 0.2) is 18.2 Å². The lowest BCUT2D eigenvalue weighted by molar-refractivity contribution is 0.0692. The lowest BCUT2D eigenvalue weighted by atomic mass is 10.1. The quantitative estimate of drug-likeness (QED) is 0.868. The van der Waals surface area contributed by atoms with Gasteiger partial charge in [0.2, 0.25) is 0 Å². The average Bonchev–Trinajstić information content (AvgIpc) is 2.36. The Morgan fingerprint density at radius 1 is 1.42 bits per heavy atom. The molecule has 0 amide bonds. The molecule has 2 rings (SSSR count). The van der Waals surface area contributed by atoms with Crippen molar-refractivity contribution >= 4 is 21.9 Å². The molecule has 0 saturated heterocycles. The van der Waals surface area contributed by atoms with E-state index >= 15 is 0 Å². The molecule has 1 heterocycles. The van der Waals surface area contributed by atoms with Crippen LogP contribution in [0.2, 0.25) is 0 Å². The molecular formula is C11H14N2O5S. The SMILES string of the molecule is CN(C)S(=O)(=O)N1CCOc2c(C(=O)O)cccc21. The van der Waals surface area contributed by atoms with E-state index in [0.717, 1.165) is 8.61 Å². The van der Waals surface area contributed by atoms with Gasteiger partial charge in [0.05, 0.1) is 12.2 Å². The maximum Gasteiger partial charge on any atom is 0.339 e. The van der Waals surface area contributed by atoms with Crippen LogP contribution in [-0.4, -0.2) is 51.0 Å². The summed E-state index contributed by atoms with van der Waals surface area (Å²) in [6, 6.07) is 4.41. The molecule has 0 atom stereocenters. The lowest BCUT2D eigenvalue weighted by Gasteiger charge is -2.32. The molecule has 19 heavy (non-hydrogen) atoms. The van der Waals surface area contributed by atoms with Crippen molar-refractivity contribution in [2.75, 3.05) is 31.6 Å². The Labute approximate surface area is 111 Å². The first-order valence-electron chi connectivity index (χ1n) is 5.55. The molecule has 0 bridgehead atoms. The number of benzene rings is 1. The molecule has 0 unspecified atom stereocenters. The Morgan fingerprint density at radius 3 is 2.68 bits per heavy atom. The number of hydrogen-bond donors (Lipinski definition) is 1. The Bertz CT molecular complexity index is 612. The third-order valence-corrected chi connectivity index (χ3v) is 4.63. The van der Waals surface area contributed by atoms with E-state index in [-0.39, 0.29) is 30.2 Å². The predicted octanol–water partition coefficient (Wildman–Crippen LogP) is 0.390. The third kappa shape index (κ3) is 2.24. The molecule has 7 nitrogen and oxygen atoms in total. The number of aromatic carboxylic acids is 1. The van der Waals surface area contributed by atoms with Crippen molar-refractivity contribution in [3.8, 4) is 5.75 Å². The number of fused-ring (bicyclic) bond motifs is 1. The van der Waals surface area contributed by atoms with Gasteiger partial charge in [0.1, 0.15) is 12.2 Å². The maximum atomic E-state index is 12.2. The van der Waals surface area contributed by atoms with Gasteiger partial charge in [-0.1, -0.05) is 6.07 Å². The highest BCUT2D eigenvalue weighted by atomic mass is 32.2. The molecule has 0 spiro atoms. The molecule has 1 aliphatic rings. The Kier molecular flexibility index (Phi) is 3.38. The Balaban J connectivity index is 2.58. The molecule has 104 valence electrons. The van der Waals surface area contributed by atoms with E-state index in [4.69, 9.17) is 9.84 Å². The Morgan fingerprint density at radius 2 is 2.11 bits per heavy atom. The van der Waals surface area contributed by atoms with Gasteiger partial charge in [-0.3, -0.25) is 4.31 Å². The number of anilines is 1. The average molecular weight is 286 g/mol. The van der Waals surface area contributed by atoms with Crippen molar-refractivity contribution < 1.29 is 23.1 Å². The normalized spacial score (nSPS) is 15.0. The van der Waals surface area contributed by atoms with E-state index in [9.17, 15) is 13.2 Å². The number of carbonyl (C=O) groups is 1. The fourth-order valence-corrected chi connectivity index (χ4v) is 2.92. The number of carboxylic acids is 1. The number of ether oxygens (including phenoxy) is 1. The highest BCUT2D eigenvalue weighted by Crippen LogP contribution is 2.36. The van der Waals surface area contributed by atoms with Crippen molar-refractivity contribution in [3.63, 3.8) is 0 Å². The van der Waals surface area contributed by atoms with Crippen molar-refractivity contribution in [1.82, 2.24) is 4.31 Å². The molecule has 0 radical (unpaired) electrons. The summed E-state index contributed by atoms with van der Waals surface area (Å²) < 4.78 is 31.9. The summed E-state index contributed by atoms with van der Waals surface area (Å²) in [7, 11) is -0.818. The van der Waals surface area contributed by atoms with Gasteiger partial charge in [-0.2, -0.15) is 12.7 Å². The molecular weight excluding hydrogens is 272 g/mol. The van der Waals surface area contributed by atoms with Gasteiger partial charge in [0, 0.05) is 14.1 Å². The van der Waals surface area contributed by atoms with Crippen LogP contribution in [-0.2, 0) is 10.2 Å². The van der Waals surface area contributed by atoms with E-state index in [1.165, 1.54) is 32.3 Å². The van der Waals surface area contributed by atoms with Crippen LogP contribution < -0.4 is 9.04 Å². The van der Waals surface area contributed by atoms with E-state index < -0.39 is 16.2 Å². The fraction of sp³-hybridized carbons (Fsp3) is 0.364. The van der Waals surface area contributed by atoms with Crippen molar-refractivity contribution in [2.24, 2.45) is 0 Å². The zero-order chi connectivity index (χ0) is 14.2. The van der Waals surface area contributed by atoms with Gasteiger partial charge in [0.25, 0.3) is 0 Å². The predicted molar refractivity (Wildman–Crippen MR) is 68.8 cm³/mol. The largest absolute Gasteiger partial charge is 0.489 e. The molecule has 1 N–H and O–H groups in total. The number of rotatable bonds is 3. The monoisotopic (exact) mass is 286 g/mol. The summed E-state index contributed by atoms with van der Waals surface area (Å²) in [5, 5.41) is 9.08. The van der Waals surface area contributed by atoms with Crippen LogP contribution in [0.25, 0.3) is 0 Å². The number of nitrogens with zero attached hydrogens (tertiary/aromatic N) is 2. The second kappa shape index (κ2) is 4.71. The molecule has 0 saturated carbocycles. The number of carboxylic acid groups (broad SMARTS) is 1. The summed E-state index contributed by atoms with van der Waals surface area (Å²) in [6.45, 7) is 0.265. The first-order chi connectivity index (χ1) is 8.85. The summed E-state index contributed by atoms with van der Waals surface area (Å²) >= 11 is 0. The van der Waals surface area contributed by atoms with Crippen molar-refractivity contribution in [3.05, 3.63) is 23.8 Å². The standard InChI is InChI=1S/C11H14N2O5S/c1-12(2)19(16,17)13-6-7-18-10-8(11(14)15)4-3-5-9(10)13/h3-5H,6-7H2,1-2H3,(H,14,15). The van der Waals surface area contributed by atoms with Crippen LogP contribution in [0.3, 0.4) is 0 Å². The summed E-state index contributed by atoms with van der Waals surface area (Å²) in [5.41, 5.74) is 0.205. The zero-order valence-corrected chi connectivity index (χ0v) is 11.3. The van der Waals surface area contributed by atoms with Crippen LogP contribution in [0, 0.1) is 0 Å². The highest BCUT2D eigenvalue weighted by Gasteiger charge is 2.32. The van der Waals surface area contributed by atoms with E-state index in [1.807, 2.05) is 0 Å². The van der Waals surface area contributed by atoms with Crippen molar-refractivity contribution in [1.29, 1.82) is 0 Å². The summed E-state index contributed by atoms with van der Waals surface area (Å²) in [5.74, 6) is -1.06. The highest BCUT2D eigenvalue weighted by molar-refractivity contribution is 7.90. The van der Waals surface area contributed by atoms with Gasteiger partial charge in [-0.15, -0.1) is 0 Å². The molecule has 0 aliphatic carbocycles. The number of para-hydroxylation sites is 1. The van der Waals surface area contributed by atoms with Crippen LogP contribution in [0.1, 0.15) is 10.4 Å². The Hall–Kier alpha value is -1.80. The summed E-state index contributed by atoms with van der Waals surface area (Å²) in [4.78, 5) is 11.1. The molecule has 1 aromatic rings. The third-order valence-electron chi connectivity index (χ3n) is 2.77. The molecule has 1 aliphatic heterocycles. The van der Waals surface area contributed by atoms with E-state index in [1.54, 1.807) is 0 Å². The van der Waals surface area contributed by atoms with Crippen LogP contribution >= 0.6 is 0 Å². The smallest absolute Gasteiger partial charge is 0.339 e. The zero-order valence-electron chi connectivity index (χ0n) is 10.5. The minimum atomic E-state index is -3.66. The van der Waals surface area contributed by atoms with E-state index in [0.29, 0.717) is 0 Å². The van der Waals surface area contributed by atoms with Crippen molar-refractivity contribution in [2.45, 2.75) is 0 Å². The first kappa shape index (κ1) is 13.6. The second-order valence-corrected chi connectivity index (χ2v) is 6.24. The van der Waals surface area contributed by atoms with Crippen LogP contribution in [0.4, 0.5) is 5.69 Å². The molecule has 0 fully saturated rings.